The summed E-state index contributed by atoms with van der Waals surface area (Å²) < 4.78 is 11.7. The maximum atomic E-state index is 11.8. The van der Waals surface area contributed by atoms with Gasteiger partial charge in [-0.3, -0.25) is 4.79 Å². The lowest BCUT2D eigenvalue weighted by atomic mass is 10.1. The maximum Gasteiger partial charge on any atom is 0.286 e. The highest BCUT2D eigenvalue weighted by Crippen LogP contribution is 2.29. The number of amidine groups is 1. The van der Waals surface area contributed by atoms with Crippen molar-refractivity contribution in [3.05, 3.63) is 64.1 Å². The zero-order chi connectivity index (χ0) is 19.2. The molecule has 0 aliphatic carbocycles. The Morgan fingerprint density at radius 3 is 2.67 bits per heavy atom. The lowest BCUT2D eigenvalue weighted by Crippen LogP contribution is -2.10. The van der Waals surface area contributed by atoms with E-state index in [0.717, 1.165) is 17.7 Å². The second-order valence-electron chi connectivity index (χ2n) is 6.11. The summed E-state index contributed by atoms with van der Waals surface area (Å²) in [5.41, 5.74) is 8.84. The Balaban J connectivity index is 1.60. The normalized spacial score (nSPS) is 15.1. The van der Waals surface area contributed by atoms with E-state index in [4.69, 9.17) is 15.2 Å². The molecule has 0 saturated carbocycles. The van der Waals surface area contributed by atoms with E-state index in [1.165, 1.54) is 22.9 Å². The van der Waals surface area contributed by atoms with Crippen LogP contribution < -0.4 is 15.2 Å². The van der Waals surface area contributed by atoms with Gasteiger partial charge in [0, 0.05) is 5.56 Å². The predicted octanol–water partition coefficient (Wildman–Crippen LogP) is 3.94. The summed E-state index contributed by atoms with van der Waals surface area (Å²) in [7, 11) is 0. The van der Waals surface area contributed by atoms with E-state index in [9.17, 15) is 4.79 Å². The van der Waals surface area contributed by atoms with E-state index in [1.54, 1.807) is 6.08 Å². The quantitative estimate of drug-likeness (QED) is 0.580. The van der Waals surface area contributed by atoms with Crippen LogP contribution >= 0.6 is 11.8 Å². The van der Waals surface area contributed by atoms with E-state index in [1.807, 2.05) is 30.3 Å². The van der Waals surface area contributed by atoms with Crippen LogP contribution in [0.25, 0.3) is 6.08 Å². The third kappa shape index (κ3) is 5.14. The summed E-state index contributed by atoms with van der Waals surface area (Å²) in [5.74, 6) is 1.22. The second kappa shape index (κ2) is 8.77. The molecule has 2 N–H and O–H groups in total. The first-order valence-electron chi connectivity index (χ1n) is 8.78. The Morgan fingerprint density at radius 1 is 1.15 bits per heavy atom. The first-order valence-corrected chi connectivity index (χ1v) is 9.60. The number of hydrogen-bond donors (Lipinski definition) is 1. The molecule has 27 heavy (non-hydrogen) atoms. The van der Waals surface area contributed by atoms with Crippen LogP contribution in [0, 0.1) is 6.92 Å². The molecule has 140 valence electrons. The third-order valence-corrected chi connectivity index (χ3v) is 4.78. The second-order valence-corrected chi connectivity index (χ2v) is 7.17. The van der Waals surface area contributed by atoms with Crippen LogP contribution in [-0.4, -0.2) is 24.3 Å². The summed E-state index contributed by atoms with van der Waals surface area (Å²) in [6, 6.07) is 13.8. The predicted molar refractivity (Wildman–Crippen MR) is 110 cm³/mol. The smallest absolute Gasteiger partial charge is 0.286 e. The number of ether oxygens (including phenoxy) is 2. The minimum Gasteiger partial charge on any atom is -0.490 e. The number of carbonyl (C=O) groups is 1. The molecule has 3 rings (SSSR count). The molecular weight excluding hydrogens is 360 g/mol. The molecule has 6 heteroatoms. The molecule has 0 unspecified atom stereocenters. The molecular formula is C21H22N2O3S. The largest absolute Gasteiger partial charge is 0.490 e. The molecule has 0 saturated heterocycles. The van der Waals surface area contributed by atoms with Gasteiger partial charge in [0.25, 0.3) is 5.91 Å². The molecule has 1 amide bonds. The Hall–Kier alpha value is -2.73. The number of nitrogens with two attached hydrogens (primary N) is 1. The summed E-state index contributed by atoms with van der Waals surface area (Å²) >= 11 is 1.17. The van der Waals surface area contributed by atoms with Crippen molar-refractivity contribution in [3.63, 3.8) is 0 Å². The summed E-state index contributed by atoms with van der Waals surface area (Å²) in [6.45, 7) is 5.01. The first kappa shape index (κ1) is 19.0. The number of amides is 1. The van der Waals surface area contributed by atoms with Crippen LogP contribution in [0.2, 0.25) is 0 Å². The number of nitrogens with zero attached hydrogens (tertiary/aromatic N) is 1. The number of hydrogen-bond acceptors (Lipinski definition) is 5. The Bertz CT molecular complexity index is 906. The molecule has 0 spiro atoms. The molecule has 0 fully saturated rings. The lowest BCUT2D eigenvalue weighted by molar-refractivity contribution is -0.113. The highest BCUT2D eigenvalue weighted by molar-refractivity contribution is 8.18. The van der Waals surface area contributed by atoms with Crippen molar-refractivity contribution in [1.29, 1.82) is 0 Å². The number of carbonyl (C=O) groups excluding carboxylic acids is 1. The van der Waals surface area contributed by atoms with Crippen LogP contribution in [0.1, 0.15) is 23.6 Å². The molecule has 1 aliphatic rings. The molecule has 1 heterocycles. The third-order valence-electron chi connectivity index (χ3n) is 3.97. The fourth-order valence-electron chi connectivity index (χ4n) is 2.72. The van der Waals surface area contributed by atoms with Crippen LogP contribution in [-0.2, 0) is 11.2 Å². The average Bonchev–Trinajstić information content (AvgIpc) is 2.96. The SMILES string of the molecule is CCc1cc(C)cc(OCCOc2ccccc2/C=C2\SC(N)=NC2=O)c1. The fraction of sp³-hybridized carbons (Fsp3) is 0.238. The van der Waals surface area contributed by atoms with E-state index in [2.05, 4.69) is 31.0 Å². The van der Waals surface area contributed by atoms with Gasteiger partial charge in [-0.2, -0.15) is 4.99 Å². The maximum absolute atomic E-state index is 11.8. The standard InChI is InChI=1S/C21H22N2O3S/c1-3-15-10-14(2)11-17(12-15)25-8-9-26-18-7-5-4-6-16(18)13-19-20(24)23-21(22)27-19/h4-7,10-13H,3,8-9H2,1-2H3,(H2,22,23,24)/b19-13-. The van der Waals surface area contributed by atoms with Crippen molar-refractivity contribution in [1.82, 2.24) is 0 Å². The van der Waals surface area contributed by atoms with Crippen molar-refractivity contribution in [2.45, 2.75) is 20.3 Å². The van der Waals surface area contributed by atoms with Gasteiger partial charge in [0.1, 0.15) is 24.7 Å². The number of benzene rings is 2. The van der Waals surface area contributed by atoms with Crippen molar-refractivity contribution < 1.29 is 14.3 Å². The van der Waals surface area contributed by atoms with Gasteiger partial charge in [-0.1, -0.05) is 31.2 Å². The van der Waals surface area contributed by atoms with E-state index < -0.39 is 0 Å². The molecule has 0 aromatic heterocycles. The molecule has 0 bridgehead atoms. The fourth-order valence-corrected chi connectivity index (χ4v) is 3.39. The van der Waals surface area contributed by atoms with Gasteiger partial charge < -0.3 is 15.2 Å². The van der Waals surface area contributed by atoms with Gasteiger partial charge in [0.05, 0.1) is 4.91 Å². The molecule has 2 aromatic carbocycles. The van der Waals surface area contributed by atoms with E-state index in [0.29, 0.717) is 23.9 Å². The van der Waals surface area contributed by atoms with E-state index in [-0.39, 0.29) is 11.1 Å². The molecule has 0 atom stereocenters. The van der Waals surface area contributed by atoms with Crippen LogP contribution in [0.3, 0.4) is 0 Å². The monoisotopic (exact) mass is 382 g/mol. The molecule has 0 radical (unpaired) electrons. The summed E-state index contributed by atoms with van der Waals surface area (Å²) in [4.78, 5) is 16.0. The zero-order valence-electron chi connectivity index (χ0n) is 15.4. The number of aliphatic imine (C=N–C) groups is 1. The molecule has 1 aliphatic heterocycles. The Kier molecular flexibility index (Phi) is 6.19. The van der Waals surface area contributed by atoms with Gasteiger partial charge in [0.15, 0.2) is 5.17 Å². The van der Waals surface area contributed by atoms with Gasteiger partial charge in [-0.05, 0) is 60.5 Å². The van der Waals surface area contributed by atoms with Gasteiger partial charge in [0.2, 0.25) is 0 Å². The van der Waals surface area contributed by atoms with E-state index >= 15 is 0 Å². The first-order chi connectivity index (χ1) is 13.0. The summed E-state index contributed by atoms with van der Waals surface area (Å²) in [5, 5.41) is 0.266. The van der Waals surface area contributed by atoms with Gasteiger partial charge >= 0.3 is 0 Å². The zero-order valence-corrected chi connectivity index (χ0v) is 16.2. The lowest BCUT2D eigenvalue weighted by Gasteiger charge is -2.12. The van der Waals surface area contributed by atoms with Crippen molar-refractivity contribution in [3.8, 4) is 11.5 Å². The van der Waals surface area contributed by atoms with Crippen LogP contribution in [0.4, 0.5) is 0 Å². The number of para-hydroxylation sites is 1. The highest BCUT2D eigenvalue weighted by atomic mass is 32.2. The van der Waals surface area contributed by atoms with Crippen molar-refractivity contribution in [2.24, 2.45) is 10.7 Å². The molecule has 5 nitrogen and oxygen atoms in total. The average molecular weight is 382 g/mol. The molecule has 2 aromatic rings. The topological polar surface area (TPSA) is 73.9 Å². The highest BCUT2D eigenvalue weighted by Gasteiger charge is 2.20. The number of thioether (sulfide) groups is 1. The Labute approximate surface area is 163 Å². The van der Waals surface area contributed by atoms with Gasteiger partial charge in [-0.15, -0.1) is 0 Å². The van der Waals surface area contributed by atoms with Gasteiger partial charge in [-0.25, -0.2) is 0 Å². The number of rotatable bonds is 7. The Morgan fingerprint density at radius 2 is 1.93 bits per heavy atom. The van der Waals surface area contributed by atoms with Crippen LogP contribution in [0.5, 0.6) is 11.5 Å². The summed E-state index contributed by atoms with van der Waals surface area (Å²) in [6.07, 6.45) is 2.72. The minimum atomic E-state index is -0.318. The van der Waals surface area contributed by atoms with Crippen molar-refractivity contribution in [2.75, 3.05) is 13.2 Å². The minimum absolute atomic E-state index is 0.266. The van der Waals surface area contributed by atoms with Crippen molar-refractivity contribution >= 4 is 28.9 Å². The number of aryl methyl sites for hydroxylation is 2. The van der Waals surface area contributed by atoms with Crippen LogP contribution in [0.15, 0.2) is 52.4 Å².